The second-order valence-corrected chi connectivity index (χ2v) is 3.81. The Balaban J connectivity index is 2.31. The first-order chi connectivity index (χ1) is 6.68. The number of carbonyl (C=O) groups excluding carboxylic acids is 1. The number of hydrogen-bond donors (Lipinski definition) is 0. The van der Waals surface area contributed by atoms with Crippen molar-refractivity contribution in [2.24, 2.45) is 5.92 Å². The maximum Gasteiger partial charge on any atom is 0.374 e. The fourth-order valence-electron chi connectivity index (χ4n) is 2.02. The van der Waals surface area contributed by atoms with E-state index in [0.717, 1.165) is 12.8 Å². The van der Waals surface area contributed by atoms with E-state index in [2.05, 4.69) is 19.1 Å². The molecule has 2 atom stereocenters. The second-order valence-electron chi connectivity index (χ2n) is 3.81. The van der Waals surface area contributed by atoms with Crippen LogP contribution in [0.15, 0.2) is 24.0 Å². The van der Waals surface area contributed by atoms with Crippen LogP contribution >= 0.6 is 0 Å². The van der Waals surface area contributed by atoms with Gasteiger partial charge in [0, 0.05) is 12.0 Å². The first-order valence-corrected chi connectivity index (χ1v) is 4.85. The summed E-state index contributed by atoms with van der Waals surface area (Å²) >= 11 is 0. The molecule has 0 saturated heterocycles. The van der Waals surface area contributed by atoms with Crippen LogP contribution in [0.5, 0.6) is 0 Å². The molecule has 76 valence electrons. The van der Waals surface area contributed by atoms with Crippen LogP contribution in [0.4, 0.5) is 0 Å². The summed E-state index contributed by atoms with van der Waals surface area (Å²) in [6.07, 6.45) is 7.84. The lowest BCUT2D eigenvalue weighted by molar-refractivity contribution is -0.152. The van der Waals surface area contributed by atoms with Gasteiger partial charge in [-0.05, 0) is 12.8 Å². The SMILES string of the molecule is COC1=CC2(CCC=CC2C)OC1=O. The van der Waals surface area contributed by atoms with Crippen molar-refractivity contribution >= 4 is 5.97 Å². The van der Waals surface area contributed by atoms with Gasteiger partial charge in [0.15, 0.2) is 0 Å². The molecule has 0 saturated carbocycles. The van der Waals surface area contributed by atoms with Crippen molar-refractivity contribution in [3.05, 3.63) is 24.0 Å². The fourth-order valence-corrected chi connectivity index (χ4v) is 2.02. The molecule has 0 radical (unpaired) electrons. The Hall–Kier alpha value is -1.25. The maximum atomic E-state index is 11.4. The minimum atomic E-state index is -0.447. The van der Waals surface area contributed by atoms with E-state index >= 15 is 0 Å². The van der Waals surface area contributed by atoms with E-state index in [1.54, 1.807) is 0 Å². The normalized spacial score (nSPS) is 35.7. The van der Waals surface area contributed by atoms with Crippen LogP contribution in [0.2, 0.25) is 0 Å². The Morgan fingerprint density at radius 2 is 2.43 bits per heavy atom. The minimum absolute atomic E-state index is 0.229. The van der Waals surface area contributed by atoms with E-state index in [-0.39, 0.29) is 11.9 Å². The summed E-state index contributed by atoms with van der Waals surface area (Å²) in [6, 6.07) is 0. The number of allylic oxidation sites excluding steroid dienone is 1. The summed E-state index contributed by atoms with van der Waals surface area (Å²) in [5, 5.41) is 0. The van der Waals surface area contributed by atoms with Crippen molar-refractivity contribution in [2.45, 2.75) is 25.4 Å². The Morgan fingerprint density at radius 1 is 1.64 bits per heavy atom. The van der Waals surface area contributed by atoms with Gasteiger partial charge in [0.25, 0.3) is 0 Å². The predicted molar refractivity (Wildman–Crippen MR) is 51.5 cm³/mol. The monoisotopic (exact) mass is 194 g/mol. The second kappa shape index (κ2) is 3.15. The summed E-state index contributed by atoms with van der Waals surface area (Å²) in [6.45, 7) is 2.05. The summed E-state index contributed by atoms with van der Waals surface area (Å²) in [5.74, 6) is 0.231. The molecule has 0 N–H and O–H groups in total. The van der Waals surface area contributed by atoms with Crippen LogP contribution in [0.3, 0.4) is 0 Å². The Bertz CT molecular complexity index is 316. The van der Waals surface area contributed by atoms with Gasteiger partial charge < -0.3 is 9.47 Å². The number of esters is 1. The van der Waals surface area contributed by atoms with Gasteiger partial charge in [-0.3, -0.25) is 0 Å². The quantitative estimate of drug-likeness (QED) is 0.471. The molecule has 3 nitrogen and oxygen atoms in total. The lowest BCUT2D eigenvalue weighted by Crippen LogP contribution is -2.36. The molecule has 14 heavy (non-hydrogen) atoms. The van der Waals surface area contributed by atoms with Gasteiger partial charge in [-0.1, -0.05) is 19.1 Å². The molecule has 0 amide bonds. The first-order valence-electron chi connectivity index (χ1n) is 4.85. The highest BCUT2D eigenvalue weighted by Gasteiger charge is 2.44. The summed E-state index contributed by atoms with van der Waals surface area (Å²) in [5.41, 5.74) is -0.447. The smallest absolute Gasteiger partial charge is 0.374 e. The molecular weight excluding hydrogens is 180 g/mol. The number of rotatable bonds is 1. The van der Waals surface area contributed by atoms with Gasteiger partial charge in [0.2, 0.25) is 5.76 Å². The molecule has 0 aromatic carbocycles. The molecule has 0 aromatic rings. The van der Waals surface area contributed by atoms with Gasteiger partial charge in [-0.15, -0.1) is 0 Å². The van der Waals surface area contributed by atoms with Crippen molar-refractivity contribution in [1.82, 2.24) is 0 Å². The molecule has 2 rings (SSSR count). The third kappa shape index (κ3) is 1.24. The largest absolute Gasteiger partial charge is 0.490 e. The average Bonchev–Trinajstić information content (AvgIpc) is 2.49. The van der Waals surface area contributed by atoms with Crippen LogP contribution in [-0.2, 0) is 14.3 Å². The molecule has 1 aliphatic carbocycles. The number of methoxy groups -OCH3 is 1. The van der Waals surface area contributed by atoms with Crippen LogP contribution in [0.25, 0.3) is 0 Å². The molecular formula is C11H14O3. The molecule has 1 heterocycles. The van der Waals surface area contributed by atoms with Crippen molar-refractivity contribution in [1.29, 1.82) is 0 Å². The van der Waals surface area contributed by atoms with Gasteiger partial charge in [-0.2, -0.15) is 0 Å². The van der Waals surface area contributed by atoms with Crippen molar-refractivity contribution in [3.8, 4) is 0 Å². The topological polar surface area (TPSA) is 35.5 Å². The molecule has 2 unspecified atom stereocenters. The van der Waals surface area contributed by atoms with E-state index in [4.69, 9.17) is 9.47 Å². The number of carbonyl (C=O) groups is 1. The summed E-state index contributed by atoms with van der Waals surface area (Å²) in [7, 11) is 1.50. The molecule has 0 fully saturated rings. The minimum Gasteiger partial charge on any atom is -0.490 e. The number of ether oxygens (including phenoxy) is 2. The average molecular weight is 194 g/mol. The molecule has 3 heteroatoms. The van der Waals surface area contributed by atoms with Crippen molar-refractivity contribution in [2.75, 3.05) is 7.11 Å². The zero-order valence-corrected chi connectivity index (χ0v) is 8.45. The van der Waals surface area contributed by atoms with Crippen LogP contribution < -0.4 is 0 Å². The zero-order chi connectivity index (χ0) is 10.2. The van der Waals surface area contributed by atoms with Crippen molar-refractivity contribution < 1.29 is 14.3 Å². The zero-order valence-electron chi connectivity index (χ0n) is 8.45. The van der Waals surface area contributed by atoms with Gasteiger partial charge in [0.05, 0.1) is 7.11 Å². The van der Waals surface area contributed by atoms with E-state index in [1.165, 1.54) is 7.11 Å². The van der Waals surface area contributed by atoms with E-state index in [9.17, 15) is 4.79 Å². The van der Waals surface area contributed by atoms with Crippen LogP contribution in [0.1, 0.15) is 19.8 Å². The molecule has 0 bridgehead atoms. The van der Waals surface area contributed by atoms with E-state index in [0.29, 0.717) is 5.76 Å². The Morgan fingerprint density at radius 3 is 3.00 bits per heavy atom. The summed E-state index contributed by atoms with van der Waals surface area (Å²) in [4.78, 5) is 11.4. The molecule has 2 aliphatic rings. The first kappa shape index (κ1) is 9.31. The molecule has 0 aromatic heterocycles. The fraction of sp³-hybridized carbons (Fsp3) is 0.545. The Labute approximate surface area is 83.4 Å². The maximum absolute atomic E-state index is 11.4. The van der Waals surface area contributed by atoms with Crippen molar-refractivity contribution in [3.63, 3.8) is 0 Å². The van der Waals surface area contributed by atoms with Crippen LogP contribution in [-0.4, -0.2) is 18.7 Å². The van der Waals surface area contributed by atoms with Gasteiger partial charge in [-0.25, -0.2) is 4.79 Å². The van der Waals surface area contributed by atoms with Gasteiger partial charge >= 0.3 is 5.97 Å². The molecule has 1 spiro atoms. The highest BCUT2D eigenvalue weighted by atomic mass is 16.6. The summed E-state index contributed by atoms with van der Waals surface area (Å²) < 4.78 is 10.4. The lowest BCUT2D eigenvalue weighted by atomic mass is 9.81. The van der Waals surface area contributed by atoms with Gasteiger partial charge in [0.1, 0.15) is 5.60 Å². The Kier molecular flexibility index (Phi) is 2.10. The third-order valence-corrected chi connectivity index (χ3v) is 2.98. The molecule has 1 aliphatic heterocycles. The third-order valence-electron chi connectivity index (χ3n) is 2.98. The standard InChI is InChI=1S/C11H14O3/c1-8-5-3-4-6-11(8)7-9(13-2)10(12)14-11/h3,5,7-8H,4,6H2,1-2H3. The van der Waals surface area contributed by atoms with Crippen LogP contribution in [0, 0.1) is 5.92 Å². The lowest BCUT2D eigenvalue weighted by Gasteiger charge is -2.32. The highest BCUT2D eigenvalue weighted by Crippen LogP contribution is 2.39. The van der Waals surface area contributed by atoms with E-state index in [1.807, 2.05) is 6.08 Å². The predicted octanol–water partition coefficient (Wildman–Crippen LogP) is 1.80. The highest BCUT2D eigenvalue weighted by molar-refractivity contribution is 5.89. The van der Waals surface area contributed by atoms with E-state index < -0.39 is 5.60 Å². The number of hydrogen-bond acceptors (Lipinski definition) is 3.